The number of halogens is 1. The van der Waals surface area contributed by atoms with Crippen LogP contribution in [-0.2, 0) is 0 Å². The molecule has 31 heavy (non-hydrogen) atoms. The molecule has 0 amide bonds. The van der Waals surface area contributed by atoms with Crippen LogP contribution in [0.3, 0.4) is 0 Å². The predicted molar refractivity (Wildman–Crippen MR) is 136 cm³/mol. The minimum absolute atomic E-state index is 0. The van der Waals surface area contributed by atoms with E-state index < -0.39 is 0 Å². The van der Waals surface area contributed by atoms with Gasteiger partial charge in [0.2, 0.25) is 0 Å². The number of guanidine groups is 1. The molecule has 7 nitrogen and oxygen atoms in total. The van der Waals surface area contributed by atoms with Gasteiger partial charge in [-0.1, -0.05) is 43.2 Å². The summed E-state index contributed by atoms with van der Waals surface area (Å²) < 4.78 is 0. The van der Waals surface area contributed by atoms with E-state index >= 15 is 0 Å². The molecule has 2 aromatic rings. The minimum atomic E-state index is 0. The van der Waals surface area contributed by atoms with Crippen molar-refractivity contribution in [2.24, 2.45) is 4.99 Å². The van der Waals surface area contributed by atoms with Crippen molar-refractivity contribution in [3.05, 3.63) is 48.0 Å². The summed E-state index contributed by atoms with van der Waals surface area (Å²) in [5, 5.41) is 14.7. The molecule has 1 aliphatic carbocycles. The Kier molecular flexibility index (Phi) is 8.71. The molecule has 0 spiro atoms. The lowest BCUT2D eigenvalue weighted by Crippen LogP contribution is -2.55. The minimum Gasteiger partial charge on any atom is -0.354 e. The second-order valence-electron chi connectivity index (χ2n) is 8.80. The van der Waals surface area contributed by atoms with Crippen LogP contribution in [-0.4, -0.2) is 58.3 Å². The lowest BCUT2D eigenvalue weighted by atomic mass is 9.94. The number of nitrogens with one attached hydrogen (secondary N) is 3. The molecule has 2 heterocycles. The summed E-state index contributed by atoms with van der Waals surface area (Å²) in [5.74, 6) is 2.50. The largest absolute Gasteiger partial charge is 0.354 e. The fraction of sp³-hybridized carbons (Fsp3) is 0.609. The Bertz CT molecular complexity index is 795. The van der Waals surface area contributed by atoms with E-state index in [2.05, 4.69) is 73.0 Å². The molecule has 170 valence electrons. The number of aliphatic imine (C=N–C) groups is 1. The third-order valence-electron chi connectivity index (χ3n) is 6.79. The Balaban J connectivity index is 0.00000272. The van der Waals surface area contributed by atoms with Crippen molar-refractivity contribution < 1.29 is 0 Å². The summed E-state index contributed by atoms with van der Waals surface area (Å²) >= 11 is 0. The molecule has 1 atom stereocenters. The van der Waals surface area contributed by atoms with Crippen molar-refractivity contribution in [1.82, 2.24) is 30.7 Å². The first kappa shape index (κ1) is 24.0. The van der Waals surface area contributed by atoms with E-state index in [4.69, 9.17) is 0 Å². The Labute approximate surface area is 202 Å². The van der Waals surface area contributed by atoms with Crippen molar-refractivity contribution in [3.8, 4) is 0 Å². The van der Waals surface area contributed by atoms with Crippen molar-refractivity contribution in [3.63, 3.8) is 0 Å². The maximum absolute atomic E-state index is 4.60. The van der Waals surface area contributed by atoms with E-state index in [1.807, 2.05) is 7.05 Å². The van der Waals surface area contributed by atoms with E-state index in [0.29, 0.717) is 12.0 Å². The topological polar surface area (TPSA) is 81.2 Å². The third-order valence-corrected chi connectivity index (χ3v) is 6.79. The highest BCUT2D eigenvalue weighted by Crippen LogP contribution is 2.32. The molecule has 0 radical (unpaired) electrons. The van der Waals surface area contributed by atoms with Gasteiger partial charge in [-0.3, -0.25) is 10.1 Å². The first-order chi connectivity index (χ1) is 14.7. The Morgan fingerprint density at radius 3 is 2.55 bits per heavy atom. The highest BCUT2D eigenvalue weighted by atomic mass is 127. The van der Waals surface area contributed by atoms with E-state index in [1.54, 1.807) is 6.33 Å². The lowest BCUT2D eigenvalue weighted by Gasteiger charge is -2.38. The first-order valence-electron chi connectivity index (χ1n) is 11.3. The molecule has 3 N–H and O–H groups in total. The lowest BCUT2D eigenvalue weighted by molar-refractivity contribution is 0.275. The smallest absolute Gasteiger partial charge is 0.193 e. The fourth-order valence-corrected chi connectivity index (χ4v) is 5.07. The van der Waals surface area contributed by atoms with Crippen LogP contribution in [0.2, 0.25) is 0 Å². The van der Waals surface area contributed by atoms with Gasteiger partial charge >= 0.3 is 0 Å². The molecule has 1 saturated carbocycles. The molecule has 0 bridgehead atoms. The molecule has 2 fully saturated rings. The molecule has 1 aromatic heterocycles. The summed E-state index contributed by atoms with van der Waals surface area (Å²) in [6.45, 7) is 5.18. The number of nitrogens with zero attached hydrogens (tertiary/aromatic N) is 4. The van der Waals surface area contributed by atoms with Gasteiger partial charge in [0.05, 0.1) is 0 Å². The van der Waals surface area contributed by atoms with Gasteiger partial charge in [-0.25, -0.2) is 4.98 Å². The Hall–Kier alpha value is -1.68. The van der Waals surface area contributed by atoms with Crippen LogP contribution >= 0.6 is 24.0 Å². The second-order valence-corrected chi connectivity index (χ2v) is 8.80. The Morgan fingerprint density at radius 1 is 1.23 bits per heavy atom. The van der Waals surface area contributed by atoms with E-state index in [-0.39, 0.29) is 29.5 Å². The maximum atomic E-state index is 4.60. The molecule has 1 aliphatic heterocycles. The molecule has 1 unspecified atom stereocenters. The highest BCUT2D eigenvalue weighted by Gasteiger charge is 2.35. The third kappa shape index (κ3) is 5.97. The average Bonchev–Trinajstić information content (AvgIpc) is 3.48. The number of aromatic amines is 1. The van der Waals surface area contributed by atoms with Gasteiger partial charge in [0.15, 0.2) is 5.96 Å². The number of rotatable bonds is 6. The standard InChI is InChI=1S/C23H35N7.HI/c1-18(19-8-4-3-5-9-19)28-23(12-6-7-13-23)16-25-22(24-2)30-14-10-20(11-15-30)21-26-17-27-29-21;/h3-5,8-9,17-18,20,28H,6-7,10-16H2,1-2H3,(H,24,25)(H,26,27,29);1H. The van der Waals surface area contributed by atoms with Crippen LogP contribution in [0.1, 0.15) is 68.8 Å². The number of hydrogen-bond acceptors (Lipinski definition) is 4. The molecule has 2 aliphatic rings. The zero-order chi connectivity index (χ0) is 20.8. The Morgan fingerprint density at radius 2 is 1.94 bits per heavy atom. The number of hydrogen-bond donors (Lipinski definition) is 3. The summed E-state index contributed by atoms with van der Waals surface area (Å²) in [6, 6.07) is 11.1. The molecule has 1 aromatic carbocycles. The van der Waals surface area contributed by atoms with Gasteiger partial charge in [0, 0.05) is 44.2 Å². The normalized spacial score (nSPS) is 20.3. The SMILES string of the molecule is CN=C(NCC1(NC(C)c2ccccc2)CCCC1)N1CCC(c2ncn[nH]2)CC1.I. The van der Waals surface area contributed by atoms with Crippen LogP contribution in [0.25, 0.3) is 0 Å². The highest BCUT2D eigenvalue weighted by molar-refractivity contribution is 14.0. The second kappa shape index (κ2) is 11.3. The van der Waals surface area contributed by atoms with Crippen LogP contribution in [0.4, 0.5) is 0 Å². The summed E-state index contributed by atoms with van der Waals surface area (Å²) in [4.78, 5) is 11.3. The van der Waals surface area contributed by atoms with Gasteiger partial charge in [-0.2, -0.15) is 5.10 Å². The van der Waals surface area contributed by atoms with E-state index in [0.717, 1.165) is 44.3 Å². The van der Waals surface area contributed by atoms with Crippen LogP contribution < -0.4 is 10.6 Å². The zero-order valence-electron chi connectivity index (χ0n) is 18.7. The van der Waals surface area contributed by atoms with E-state index in [1.165, 1.54) is 31.2 Å². The quantitative estimate of drug-likeness (QED) is 0.297. The average molecular weight is 537 g/mol. The van der Waals surface area contributed by atoms with Gasteiger partial charge in [-0.05, 0) is 38.2 Å². The maximum Gasteiger partial charge on any atom is 0.193 e. The molecule has 1 saturated heterocycles. The molecule has 8 heteroatoms. The summed E-state index contributed by atoms with van der Waals surface area (Å²) in [6.07, 6.45) is 8.75. The number of piperidine rings is 1. The number of aromatic nitrogens is 3. The molecular weight excluding hydrogens is 501 g/mol. The molecule has 4 rings (SSSR count). The number of benzene rings is 1. The first-order valence-corrected chi connectivity index (χ1v) is 11.3. The predicted octanol–water partition coefficient (Wildman–Crippen LogP) is 3.84. The monoisotopic (exact) mass is 537 g/mol. The van der Waals surface area contributed by atoms with Crippen molar-refractivity contribution in [2.45, 2.75) is 62.9 Å². The van der Waals surface area contributed by atoms with Gasteiger partial charge in [0.25, 0.3) is 0 Å². The zero-order valence-corrected chi connectivity index (χ0v) is 21.0. The summed E-state index contributed by atoms with van der Waals surface area (Å²) in [7, 11) is 1.90. The van der Waals surface area contributed by atoms with Crippen molar-refractivity contribution in [1.29, 1.82) is 0 Å². The summed E-state index contributed by atoms with van der Waals surface area (Å²) in [5.41, 5.74) is 1.48. The van der Waals surface area contributed by atoms with Gasteiger partial charge in [0.1, 0.15) is 12.2 Å². The van der Waals surface area contributed by atoms with Crippen molar-refractivity contribution >= 4 is 29.9 Å². The van der Waals surface area contributed by atoms with Crippen LogP contribution in [0.15, 0.2) is 41.7 Å². The van der Waals surface area contributed by atoms with E-state index in [9.17, 15) is 0 Å². The van der Waals surface area contributed by atoms with Crippen LogP contribution in [0, 0.1) is 0 Å². The number of likely N-dealkylation sites (tertiary alicyclic amines) is 1. The fourth-order valence-electron chi connectivity index (χ4n) is 5.07. The van der Waals surface area contributed by atoms with Gasteiger partial charge < -0.3 is 15.5 Å². The van der Waals surface area contributed by atoms with Gasteiger partial charge in [-0.15, -0.1) is 24.0 Å². The molecular formula is C23H36IN7. The van der Waals surface area contributed by atoms with Crippen LogP contribution in [0.5, 0.6) is 0 Å². The number of H-pyrrole nitrogens is 1. The van der Waals surface area contributed by atoms with Crippen molar-refractivity contribution in [2.75, 3.05) is 26.7 Å².